The first-order valence-corrected chi connectivity index (χ1v) is 12.3. The van der Waals surface area contributed by atoms with Crippen molar-refractivity contribution in [2.75, 3.05) is 18.2 Å². The van der Waals surface area contributed by atoms with E-state index in [2.05, 4.69) is 15.5 Å². The van der Waals surface area contributed by atoms with Crippen molar-refractivity contribution in [2.24, 2.45) is 0 Å². The van der Waals surface area contributed by atoms with Gasteiger partial charge in [0.2, 0.25) is 5.91 Å². The molecule has 0 saturated carbocycles. The fourth-order valence-corrected chi connectivity index (χ4v) is 4.26. The number of amides is 1. The summed E-state index contributed by atoms with van der Waals surface area (Å²) in [4.78, 5) is 24.0. The van der Waals surface area contributed by atoms with Crippen LogP contribution in [0.5, 0.6) is 11.5 Å². The summed E-state index contributed by atoms with van der Waals surface area (Å²) in [5.41, 5.74) is 2.08. The molecular formula is C27H26N4O4S. The van der Waals surface area contributed by atoms with Gasteiger partial charge in [-0.1, -0.05) is 36.0 Å². The number of ketones is 1. The van der Waals surface area contributed by atoms with E-state index in [9.17, 15) is 9.59 Å². The van der Waals surface area contributed by atoms with Crippen LogP contribution in [0.15, 0.2) is 84.0 Å². The van der Waals surface area contributed by atoms with Crippen LogP contribution in [0.3, 0.4) is 0 Å². The number of hydrogen-bond donors (Lipinski definition) is 1. The number of hydrogen-bond acceptors (Lipinski definition) is 7. The van der Waals surface area contributed by atoms with Crippen molar-refractivity contribution in [3.05, 3.63) is 90.3 Å². The molecule has 3 aromatic carbocycles. The van der Waals surface area contributed by atoms with Crippen LogP contribution in [0.2, 0.25) is 0 Å². The van der Waals surface area contributed by atoms with E-state index in [0.717, 1.165) is 5.69 Å². The van der Waals surface area contributed by atoms with E-state index in [1.165, 1.54) is 18.7 Å². The predicted octanol–water partition coefficient (Wildman–Crippen LogP) is 5.35. The van der Waals surface area contributed by atoms with Gasteiger partial charge < -0.3 is 14.8 Å². The van der Waals surface area contributed by atoms with Gasteiger partial charge in [0.25, 0.3) is 0 Å². The van der Waals surface area contributed by atoms with E-state index in [4.69, 9.17) is 9.47 Å². The molecule has 4 rings (SSSR count). The van der Waals surface area contributed by atoms with E-state index in [0.29, 0.717) is 33.7 Å². The lowest BCUT2D eigenvalue weighted by atomic mass is 10.1. The Labute approximate surface area is 213 Å². The van der Waals surface area contributed by atoms with Crippen LogP contribution < -0.4 is 14.8 Å². The molecule has 0 spiro atoms. The Balaban J connectivity index is 1.50. The molecule has 8 nitrogen and oxygen atoms in total. The Kier molecular flexibility index (Phi) is 8.02. The molecule has 1 aromatic heterocycles. The van der Waals surface area contributed by atoms with Gasteiger partial charge in [0.05, 0.1) is 12.9 Å². The lowest BCUT2D eigenvalue weighted by molar-refractivity contribution is -0.113. The number of thioether (sulfide) groups is 1. The van der Waals surface area contributed by atoms with Crippen molar-refractivity contribution in [3.8, 4) is 17.2 Å². The lowest BCUT2D eigenvalue weighted by Gasteiger charge is -2.17. The molecule has 0 radical (unpaired) electrons. The highest BCUT2D eigenvalue weighted by atomic mass is 32.2. The summed E-state index contributed by atoms with van der Waals surface area (Å²) in [5.74, 6) is 1.86. The Morgan fingerprint density at radius 1 is 0.972 bits per heavy atom. The number of benzene rings is 3. The number of para-hydroxylation sites is 1. The molecule has 1 atom stereocenters. The number of anilines is 1. The summed E-state index contributed by atoms with van der Waals surface area (Å²) >= 11 is 1.28. The minimum Gasteiger partial charge on any atom is -0.497 e. The van der Waals surface area contributed by atoms with E-state index >= 15 is 0 Å². The van der Waals surface area contributed by atoms with E-state index in [1.807, 2.05) is 66.1 Å². The van der Waals surface area contributed by atoms with Crippen molar-refractivity contribution >= 4 is 29.1 Å². The van der Waals surface area contributed by atoms with Crippen LogP contribution in [0, 0.1) is 0 Å². The summed E-state index contributed by atoms with van der Waals surface area (Å²) in [7, 11) is 1.61. The zero-order valence-corrected chi connectivity index (χ0v) is 21.0. The third kappa shape index (κ3) is 6.11. The third-order valence-electron chi connectivity index (χ3n) is 5.30. The fourth-order valence-electron chi connectivity index (χ4n) is 3.50. The summed E-state index contributed by atoms with van der Waals surface area (Å²) in [6.45, 7) is 3.40. The second kappa shape index (κ2) is 11.5. The fraction of sp³-hybridized carbons (Fsp3) is 0.185. The van der Waals surface area contributed by atoms with Crippen LogP contribution >= 0.6 is 11.8 Å². The molecule has 0 aliphatic heterocycles. The van der Waals surface area contributed by atoms with E-state index in [-0.39, 0.29) is 17.4 Å². The number of carbonyl (C=O) groups excluding carboxylic acids is 2. The number of aromatic nitrogens is 3. The molecule has 1 amide bonds. The Morgan fingerprint density at radius 2 is 1.69 bits per heavy atom. The number of carbonyl (C=O) groups is 2. The summed E-state index contributed by atoms with van der Waals surface area (Å²) < 4.78 is 13.3. The van der Waals surface area contributed by atoms with Gasteiger partial charge in [-0.3, -0.25) is 14.2 Å². The molecule has 9 heteroatoms. The first kappa shape index (κ1) is 25.0. The Bertz CT molecular complexity index is 1340. The van der Waals surface area contributed by atoms with Crippen LogP contribution in [-0.4, -0.2) is 39.3 Å². The zero-order chi connectivity index (χ0) is 25.5. The highest BCUT2D eigenvalue weighted by molar-refractivity contribution is 7.99. The quantitative estimate of drug-likeness (QED) is 0.231. The number of rotatable bonds is 10. The smallest absolute Gasteiger partial charge is 0.234 e. The molecule has 0 aliphatic carbocycles. The third-order valence-corrected chi connectivity index (χ3v) is 6.23. The van der Waals surface area contributed by atoms with Gasteiger partial charge in [-0.25, -0.2) is 0 Å². The maximum absolute atomic E-state index is 12.6. The molecule has 0 aliphatic rings. The molecule has 0 fully saturated rings. The van der Waals surface area contributed by atoms with Crippen LogP contribution in [-0.2, 0) is 4.79 Å². The number of ether oxygens (including phenoxy) is 2. The standard InChI is InChI=1S/C27H26N4O4S/c1-18(32)20-12-14-21(15-13-20)28-25(33)17-36-27-30-29-26(31(27)22-8-5-4-6-9-22)19(2)35-24-11-7-10-23(16-24)34-3/h4-16,19H,17H2,1-3H3,(H,28,33). The highest BCUT2D eigenvalue weighted by Crippen LogP contribution is 2.29. The summed E-state index contributed by atoms with van der Waals surface area (Å²) in [5, 5.41) is 12.2. The van der Waals surface area contributed by atoms with Crippen molar-refractivity contribution in [3.63, 3.8) is 0 Å². The molecule has 184 valence electrons. The van der Waals surface area contributed by atoms with Crippen molar-refractivity contribution in [1.29, 1.82) is 0 Å². The molecule has 36 heavy (non-hydrogen) atoms. The Morgan fingerprint density at radius 3 is 2.39 bits per heavy atom. The van der Waals surface area contributed by atoms with Gasteiger partial charge in [0.15, 0.2) is 22.9 Å². The molecule has 4 aromatic rings. The van der Waals surface area contributed by atoms with Gasteiger partial charge in [-0.05, 0) is 62.4 Å². The molecule has 0 saturated heterocycles. The van der Waals surface area contributed by atoms with Gasteiger partial charge in [0, 0.05) is 23.0 Å². The minimum atomic E-state index is -0.423. The van der Waals surface area contributed by atoms with Crippen molar-refractivity contribution < 1.29 is 19.1 Å². The van der Waals surface area contributed by atoms with Gasteiger partial charge in [0.1, 0.15) is 11.5 Å². The number of nitrogens with one attached hydrogen (secondary N) is 1. The summed E-state index contributed by atoms with van der Waals surface area (Å²) in [6.07, 6.45) is -0.423. The molecular weight excluding hydrogens is 476 g/mol. The second-order valence-electron chi connectivity index (χ2n) is 7.92. The van der Waals surface area contributed by atoms with Crippen LogP contribution in [0.1, 0.15) is 36.1 Å². The molecule has 1 unspecified atom stereocenters. The second-order valence-corrected chi connectivity index (χ2v) is 8.86. The average molecular weight is 503 g/mol. The first-order valence-electron chi connectivity index (χ1n) is 11.3. The summed E-state index contributed by atoms with van der Waals surface area (Å²) in [6, 6.07) is 23.9. The maximum atomic E-state index is 12.6. The molecule has 0 bridgehead atoms. The number of nitrogens with zero attached hydrogens (tertiary/aromatic N) is 3. The predicted molar refractivity (Wildman–Crippen MR) is 139 cm³/mol. The topological polar surface area (TPSA) is 95.3 Å². The van der Waals surface area contributed by atoms with Gasteiger partial charge >= 0.3 is 0 Å². The molecule has 1 heterocycles. The largest absolute Gasteiger partial charge is 0.497 e. The van der Waals surface area contributed by atoms with Gasteiger partial charge in [-0.15, -0.1) is 10.2 Å². The zero-order valence-electron chi connectivity index (χ0n) is 20.2. The SMILES string of the molecule is COc1cccc(OC(C)c2nnc(SCC(=O)Nc3ccc(C(C)=O)cc3)n2-c2ccccc2)c1. The number of Topliss-reactive ketones (excluding diaryl/α,β-unsaturated/α-hetero) is 1. The first-order chi connectivity index (χ1) is 17.4. The normalized spacial score (nSPS) is 11.5. The average Bonchev–Trinajstić information content (AvgIpc) is 3.32. The Hall–Kier alpha value is -4.11. The van der Waals surface area contributed by atoms with Crippen molar-refractivity contribution in [2.45, 2.75) is 25.1 Å². The lowest BCUT2D eigenvalue weighted by Crippen LogP contribution is -2.15. The maximum Gasteiger partial charge on any atom is 0.234 e. The highest BCUT2D eigenvalue weighted by Gasteiger charge is 2.22. The van der Waals surface area contributed by atoms with Crippen LogP contribution in [0.25, 0.3) is 5.69 Å². The minimum absolute atomic E-state index is 0.0240. The van der Waals surface area contributed by atoms with Crippen molar-refractivity contribution in [1.82, 2.24) is 14.8 Å². The van der Waals surface area contributed by atoms with E-state index < -0.39 is 6.10 Å². The monoisotopic (exact) mass is 502 g/mol. The number of methoxy groups -OCH3 is 1. The van der Waals surface area contributed by atoms with Gasteiger partial charge in [-0.2, -0.15) is 0 Å². The van der Waals surface area contributed by atoms with E-state index in [1.54, 1.807) is 31.4 Å². The van der Waals surface area contributed by atoms with Crippen LogP contribution in [0.4, 0.5) is 5.69 Å². The molecule has 1 N–H and O–H groups in total.